The van der Waals surface area contributed by atoms with E-state index in [0.29, 0.717) is 5.95 Å². The van der Waals surface area contributed by atoms with Gasteiger partial charge in [-0.05, 0) is 272 Å². The summed E-state index contributed by atoms with van der Waals surface area (Å²) in [6, 6.07) is 174. The average molecular weight is 1680 g/mol. The highest BCUT2D eigenvalue weighted by molar-refractivity contribution is 6.18. The van der Waals surface area contributed by atoms with Crippen molar-refractivity contribution >= 4 is 131 Å². The van der Waals surface area contributed by atoms with Crippen LogP contribution in [0.2, 0.25) is 0 Å². The number of hydrogen-bond acceptors (Lipinski definition) is 2. The van der Waals surface area contributed by atoms with E-state index in [0.717, 1.165) is 183 Å². The molecule has 0 amide bonds. The molecule has 8 nitrogen and oxygen atoms in total. The van der Waals surface area contributed by atoms with Crippen molar-refractivity contribution in [3.63, 3.8) is 0 Å². The molecule has 0 bridgehead atoms. The summed E-state index contributed by atoms with van der Waals surface area (Å²) in [5, 5.41) is 13.9. The summed E-state index contributed by atoms with van der Waals surface area (Å²) in [4.78, 5) is 12.1. The standard InChI is InChI=1S/C124H78N8/c1-7-28-79(29-8-1)91-67-92(80-30-9-2-10-31-80)69-93(68-91)81-32-27-33-90(66-81)110-78-123(131-119-62-54-86(82-50-58-115-102(70-82)98-42-19-23-46-111(98)127(115)94-34-11-3-12-35-94)74-106(119)107-75-87(55-63-120(107)131)83-51-59-116-103(71-83)99-43-20-24-47-112(99)128(116)95-36-13-4-14-37-95)126-124(125-110)132-121-64-56-88(84-52-60-117-104(72-84)100-44-21-25-48-113(100)129(117)96-38-15-5-16-39-96)76-108(121)109-77-89(57-65-122(109)132)85-53-61-118-105(73-85)101-45-22-26-49-114(101)130(118)97-40-17-6-18-41-97/h1-78H. The molecule has 8 heteroatoms. The van der Waals surface area contributed by atoms with Gasteiger partial charge in [0, 0.05) is 99.0 Å². The second-order valence-corrected chi connectivity index (χ2v) is 34.8. The maximum atomic E-state index is 6.10. The largest absolute Gasteiger partial charge is 0.309 e. The van der Waals surface area contributed by atoms with E-state index >= 15 is 0 Å². The van der Waals surface area contributed by atoms with Gasteiger partial charge in [-0.1, -0.05) is 273 Å². The van der Waals surface area contributed by atoms with Crippen LogP contribution >= 0.6 is 0 Å². The molecule has 27 aromatic rings. The maximum absolute atomic E-state index is 6.10. The van der Waals surface area contributed by atoms with Crippen LogP contribution in [0.1, 0.15) is 0 Å². The SMILES string of the molecule is c1ccc(-c2cc(-c3ccccc3)cc(-c3cccc(-c4cc(-n5c6ccc(-c7ccc8c(c7)c7ccccc7n8-c7ccccc7)cc6c6cc(-c7ccc8c(c7)c7ccccc7n8-c7ccccc7)ccc65)nc(-n5c6ccc(-c7ccc8c(c7)c7ccccc7n8-c7ccccc7)cc6c6cc(-c7ccc8c(c7)c7ccccc7n8-c7ccccc7)ccc65)n4)c3)c2)cc1. The Kier molecular flexibility index (Phi) is 16.9. The van der Waals surface area contributed by atoms with Gasteiger partial charge in [0.2, 0.25) is 5.95 Å². The molecule has 7 heterocycles. The Morgan fingerprint density at radius 2 is 0.333 bits per heavy atom. The van der Waals surface area contributed by atoms with E-state index in [1.807, 2.05) is 0 Å². The molecule has 0 aliphatic rings. The molecule has 132 heavy (non-hydrogen) atoms. The zero-order valence-electron chi connectivity index (χ0n) is 71.6. The van der Waals surface area contributed by atoms with Crippen LogP contribution in [0.3, 0.4) is 0 Å². The van der Waals surface area contributed by atoms with E-state index in [-0.39, 0.29) is 0 Å². The summed E-state index contributed by atoms with van der Waals surface area (Å²) in [5.74, 6) is 1.25. The van der Waals surface area contributed by atoms with Crippen molar-refractivity contribution in [2.75, 3.05) is 0 Å². The quantitative estimate of drug-likeness (QED) is 0.109. The highest BCUT2D eigenvalue weighted by atomic mass is 15.2. The molecule has 0 radical (unpaired) electrons. The topological polar surface area (TPSA) is 55.4 Å². The van der Waals surface area contributed by atoms with E-state index in [2.05, 4.69) is 501 Å². The first-order valence-corrected chi connectivity index (χ1v) is 45.2. The van der Waals surface area contributed by atoms with Gasteiger partial charge in [0.15, 0.2) is 0 Å². The summed E-state index contributed by atoms with van der Waals surface area (Å²) in [6.45, 7) is 0. The molecule has 0 unspecified atom stereocenters. The fourth-order valence-electron chi connectivity index (χ4n) is 21.3. The lowest BCUT2D eigenvalue weighted by atomic mass is 9.92. The first-order valence-electron chi connectivity index (χ1n) is 45.2. The Balaban J connectivity index is 0.701. The summed E-state index contributed by atoms with van der Waals surface area (Å²) in [6.07, 6.45) is 0. The molecular weight excluding hydrogens is 1600 g/mol. The molecule has 20 aromatic carbocycles. The summed E-state index contributed by atoms with van der Waals surface area (Å²) in [5.41, 5.74) is 35.1. The lowest BCUT2D eigenvalue weighted by Crippen LogP contribution is -2.07. The summed E-state index contributed by atoms with van der Waals surface area (Å²) in [7, 11) is 0. The Hall–Kier alpha value is -17.7. The molecule has 0 aliphatic carbocycles. The number of hydrogen-bond donors (Lipinski definition) is 0. The van der Waals surface area contributed by atoms with Crippen molar-refractivity contribution in [2.24, 2.45) is 0 Å². The molecule has 0 atom stereocenters. The van der Waals surface area contributed by atoms with Gasteiger partial charge < -0.3 is 18.3 Å². The minimum absolute atomic E-state index is 0.533. The van der Waals surface area contributed by atoms with Crippen molar-refractivity contribution in [3.05, 3.63) is 473 Å². The van der Waals surface area contributed by atoms with Crippen LogP contribution in [0.25, 0.3) is 254 Å². The Bertz CT molecular complexity index is 8440. The van der Waals surface area contributed by atoms with Crippen LogP contribution in [-0.4, -0.2) is 37.4 Å². The summed E-state index contributed by atoms with van der Waals surface area (Å²) < 4.78 is 14.3. The third kappa shape index (κ3) is 12.0. The molecule has 0 saturated carbocycles. The second-order valence-electron chi connectivity index (χ2n) is 34.8. The Morgan fingerprint density at radius 1 is 0.121 bits per heavy atom. The van der Waals surface area contributed by atoms with Gasteiger partial charge in [-0.2, -0.15) is 4.98 Å². The van der Waals surface area contributed by atoms with Crippen LogP contribution in [-0.2, 0) is 0 Å². The van der Waals surface area contributed by atoms with Crippen LogP contribution in [0, 0.1) is 0 Å². The minimum atomic E-state index is 0.533. The highest BCUT2D eigenvalue weighted by Gasteiger charge is 2.26. The number of aromatic nitrogens is 8. The molecule has 27 rings (SSSR count). The van der Waals surface area contributed by atoms with Crippen LogP contribution in [0.15, 0.2) is 473 Å². The van der Waals surface area contributed by atoms with Gasteiger partial charge in [-0.3, -0.25) is 9.13 Å². The average Bonchev–Trinajstić information content (AvgIpc) is 1.23. The van der Waals surface area contributed by atoms with Gasteiger partial charge in [0.25, 0.3) is 0 Å². The van der Waals surface area contributed by atoms with Crippen molar-refractivity contribution in [1.29, 1.82) is 0 Å². The molecule has 0 spiro atoms. The second kappa shape index (κ2) is 30.0. The van der Waals surface area contributed by atoms with Gasteiger partial charge in [0.1, 0.15) is 5.82 Å². The predicted molar refractivity (Wildman–Crippen MR) is 552 cm³/mol. The van der Waals surface area contributed by atoms with E-state index in [1.165, 1.54) is 65.2 Å². The van der Waals surface area contributed by atoms with Crippen molar-refractivity contribution < 1.29 is 0 Å². The van der Waals surface area contributed by atoms with E-state index in [1.54, 1.807) is 0 Å². The lowest BCUT2D eigenvalue weighted by molar-refractivity contribution is 0.952. The van der Waals surface area contributed by atoms with Gasteiger partial charge in [-0.25, -0.2) is 4.98 Å². The lowest BCUT2D eigenvalue weighted by Gasteiger charge is -2.15. The number of para-hydroxylation sites is 8. The Labute approximate surface area is 759 Å². The van der Waals surface area contributed by atoms with Gasteiger partial charge in [-0.15, -0.1) is 0 Å². The monoisotopic (exact) mass is 1680 g/mol. The van der Waals surface area contributed by atoms with Crippen LogP contribution in [0.5, 0.6) is 0 Å². The Morgan fingerprint density at radius 3 is 0.636 bits per heavy atom. The molecule has 0 saturated heterocycles. The first-order chi connectivity index (χ1) is 65.4. The molecule has 614 valence electrons. The van der Waals surface area contributed by atoms with E-state index < -0.39 is 0 Å². The normalized spacial score (nSPS) is 11.9. The fourth-order valence-corrected chi connectivity index (χ4v) is 21.3. The van der Waals surface area contributed by atoms with Crippen molar-refractivity contribution in [1.82, 2.24) is 37.4 Å². The summed E-state index contributed by atoms with van der Waals surface area (Å²) >= 11 is 0. The maximum Gasteiger partial charge on any atom is 0.237 e. The van der Waals surface area contributed by atoms with Gasteiger partial charge in [0.05, 0.1) is 71.9 Å². The molecule has 7 aromatic heterocycles. The molecule has 0 fully saturated rings. The van der Waals surface area contributed by atoms with Crippen molar-refractivity contribution in [2.45, 2.75) is 0 Å². The third-order valence-corrected chi connectivity index (χ3v) is 27.4. The number of rotatable bonds is 14. The zero-order valence-corrected chi connectivity index (χ0v) is 71.6. The predicted octanol–water partition coefficient (Wildman–Crippen LogP) is 32.4. The zero-order chi connectivity index (χ0) is 86.6. The molecular formula is C124H78N8. The minimum Gasteiger partial charge on any atom is -0.309 e. The molecule has 0 aliphatic heterocycles. The number of nitrogens with zero attached hydrogens (tertiary/aromatic N) is 8. The smallest absolute Gasteiger partial charge is 0.237 e. The first kappa shape index (κ1) is 74.5. The van der Waals surface area contributed by atoms with Crippen molar-refractivity contribution in [3.8, 4) is 124 Å². The van der Waals surface area contributed by atoms with Gasteiger partial charge >= 0.3 is 0 Å². The fraction of sp³-hybridized carbons (Fsp3) is 0. The van der Waals surface area contributed by atoms with E-state index in [4.69, 9.17) is 9.97 Å². The van der Waals surface area contributed by atoms with Crippen LogP contribution < -0.4 is 0 Å². The highest BCUT2D eigenvalue weighted by Crippen LogP contribution is 2.47. The van der Waals surface area contributed by atoms with Crippen LogP contribution in [0.4, 0.5) is 0 Å². The molecule has 0 N–H and O–H groups in total. The van der Waals surface area contributed by atoms with E-state index in [9.17, 15) is 0 Å². The third-order valence-electron chi connectivity index (χ3n) is 27.4. The number of benzene rings is 20. The number of fused-ring (bicyclic) bond motifs is 18.